The molecule has 3 N–H and O–H groups in total. The van der Waals surface area contributed by atoms with Gasteiger partial charge in [-0.15, -0.1) is 0 Å². The average molecular weight is 339 g/mol. The molecule has 0 fully saturated rings. The largest absolute Gasteiger partial charge is 0.384 e. The van der Waals surface area contributed by atoms with E-state index in [4.69, 9.17) is 5.14 Å². The molecule has 1 aromatic rings. The summed E-state index contributed by atoms with van der Waals surface area (Å²) < 4.78 is 23.3. The maximum Gasteiger partial charge on any atom is 0.270 e. The van der Waals surface area contributed by atoms with Crippen LogP contribution in [0.4, 0.5) is 11.4 Å². The van der Waals surface area contributed by atoms with E-state index in [2.05, 4.69) is 11.4 Å². The Balaban J connectivity index is 2.10. The van der Waals surface area contributed by atoms with E-state index in [1.54, 1.807) is 0 Å². The minimum Gasteiger partial charge on any atom is -0.384 e. The summed E-state index contributed by atoms with van der Waals surface area (Å²) in [5, 5.41) is 19.0. The number of nitrogens with two attached hydrogens (primary N) is 1. The van der Waals surface area contributed by atoms with Crippen LogP contribution in [0.25, 0.3) is 0 Å². The molecule has 1 aliphatic rings. The molecule has 0 spiro atoms. The second kappa shape index (κ2) is 7.56. The molecule has 0 saturated carbocycles. The summed E-state index contributed by atoms with van der Waals surface area (Å²) in [6.45, 7) is 0.562. The van der Waals surface area contributed by atoms with Gasteiger partial charge in [-0.05, 0) is 38.2 Å². The number of nitrogens with one attached hydrogen (secondary N) is 1. The van der Waals surface area contributed by atoms with Crippen molar-refractivity contribution in [3.8, 4) is 0 Å². The molecular weight excluding hydrogens is 318 g/mol. The maximum atomic E-state index is 11.6. The predicted octanol–water partition coefficient (Wildman–Crippen LogP) is 2.93. The van der Waals surface area contributed by atoms with Crippen LogP contribution in [0, 0.1) is 10.1 Å². The smallest absolute Gasteiger partial charge is 0.270 e. The molecule has 0 unspecified atom stereocenters. The molecular formula is C15H21N3O4S. The van der Waals surface area contributed by atoms with Crippen molar-refractivity contribution in [3.05, 3.63) is 40.0 Å². The fourth-order valence-electron chi connectivity index (χ4n) is 2.67. The van der Waals surface area contributed by atoms with Crippen LogP contribution < -0.4 is 10.5 Å². The van der Waals surface area contributed by atoms with Gasteiger partial charge >= 0.3 is 0 Å². The third kappa shape index (κ3) is 5.04. The van der Waals surface area contributed by atoms with Gasteiger partial charge in [-0.1, -0.05) is 18.1 Å². The Kier molecular flexibility index (Phi) is 5.73. The van der Waals surface area contributed by atoms with E-state index < -0.39 is 14.9 Å². The number of hydrogen-bond donors (Lipinski definition) is 2. The number of sulfonamides is 1. The van der Waals surface area contributed by atoms with E-state index in [0.29, 0.717) is 12.2 Å². The van der Waals surface area contributed by atoms with E-state index in [9.17, 15) is 18.5 Å². The highest BCUT2D eigenvalue weighted by molar-refractivity contribution is 7.89. The third-order valence-electron chi connectivity index (χ3n) is 3.88. The molecule has 0 aromatic heterocycles. The minimum atomic E-state index is -4.03. The Hall–Kier alpha value is -1.93. The molecule has 0 bridgehead atoms. The summed E-state index contributed by atoms with van der Waals surface area (Å²) in [5.74, 6) is 0. The Bertz CT molecular complexity index is 713. The van der Waals surface area contributed by atoms with Crippen molar-refractivity contribution in [2.45, 2.75) is 43.4 Å². The Morgan fingerprint density at radius 3 is 2.74 bits per heavy atom. The van der Waals surface area contributed by atoms with Crippen molar-refractivity contribution in [1.29, 1.82) is 0 Å². The van der Waals surface area contributed by atoms with E-state index in [1.165, 1.54) is 37.0 Å². The van der Waals surface area contributed by atoms with Gasteiger partial charge in [-0.2, -0.15) is 0 Å². The molecule has 0 atom stereocenters. The zero-order chi connectivity index (χ0) is 16.9. The van der Waals surface area contributed by atoms with Gasteiger partial charge in [0.15, 0.2) is 0 Å². The van der Waals surface area contributed by atoms with Crippen LogP contribution in [0.15, 0.2) is 34.7 Å². The lowest BCUT2D eigenvalue weighted by molar-refractivity contribution is -0.385. The number of primary sulfonamides is 1. The van der Waals surface area contributed by atoms with Crippen molar-refractivity contribution in [2.75, 3.05) is 11.9 Å². The van der Waals surface area contributed by atoms with Crippen LogP contribution >= 0.6 is 0 Å². The fourth-order valence-corrected chi connectivity index (χ4v) is 3.40. The SMILES string of the molecule is NS(=O)(=O)c1cc([N+](=O)[O-])ccc1NCCC1=CCCCCC1. The Labute approximate surface area is 135 Å². The van der Waals surface area contributed by atoms with E-state index in [1.807, 2.05) is 0 Å². The average Bonchev–Trinajstić information content (AvgIpc) is 2.75. The molecule has 8 heteroatoms. The summed E-state index contributed by atoms with van der Waals surface area (Å²) in [5.41, 5.74) is 1.37. The van der Waals surface area contributed by atoms with Crippen molar-refractivity contribution in [3.63, 3.8) is 0 Å². The quantitative estimate of drug-likeness (QED) is 0.469. The zero-order valence-electron chi connectivity index (χ0n) is 12.8. The summed E-state index contributed by atoms with van der Waals surface area (Å²) in [7, 11) is -4.03. The molecule has 2 rings (SSSR count). The first-order chi connectivity index (χ1) is 10.9. The second-order valence-electron chi connectivity index (χ2n) is 5.62. The van der Waals surface area contributed by atoms with Gasteiger partial charge in [0.2, 0.25) is 10.0 Å². The number of nitrogens with zero attached hydrogens (tertiary/aromatic N) is 1. The van der Waals surface area contributed by atoms with Crippen molar-refractivity contribution < 1.29 is 13.3 Å². The molecule has 7 nitrogen and oxygen atoms in total. The third-order valence-corrected chi connectivity index (χ3v) is 4.83. The molecule has 0 heterocycles. The normalized spacial score (nSPS) is 15.6. The first-order valence-electron chi connectivity index (χ1n) is 7.61. The zero-order valence-corrected chi connectivity index (χ0v) is 13.6. The highest BCUT2D eigenvalue weighted by atomic mass is 32.2. The van der Waals surface area contributed by atoms with E-state index >= 15 is 0 Å². The van der Waals surface area contributed by atoms with Crippen LogP contribution in [0.5, 0.6) is 0 Å². The number of non-ortho nitro benzene ring substituents is 1. The highest BCUT2D eigenvalue weighted by Crippen LogP contribution is 2.26. The fraction of sp³-hybridized carbons (Fsp3) is 0.467. The van der Waals surface area contributed by atoms with Crippen LogP contribution in [0.2, 0.25) is 0 Å². The van der Waals surface area contributed by atoms with Crippen LogP contribution in [0.3, 0.4) is 0 Å². The first-order valence-corrected chi connectivity index (χ1v) is 9.15. The highest BCUT2D eigenvalue weighted by Gasteiger charge is 2.18. The van der Waals surface area contributed by atoms with Crippen molar-refractivity contribution in [2.24, 2.45) is 5.14 Å². The Morgan fingerprint density at radius 2 is 2.04 bits per heavy atom. The number of benzene rings is 1. The van der Waals surface area contributed by atoms with Gasteiger partial charge in [0.25, 0.3) is 5.69 Å². The molecule has 1 aliphatic carbocycles. The van der Waals surface area contributed by atoms with Gasteiger partial charge < -0.3 is 5.32 Å². The molecule has 23 heavy (non-hydrogen) atoms. The number of hydrogen-bond acceptors (Lipinski definition) is 5. The first kappa shape index (κ1) is 17.4. The number of rotatable bonds is 6. The van der Waals surface area contributed by atoms with E-state index in [0.717, 1.165) is 25.3 Å². The van der Waals surface area contributed by atoms with Crippen molar-refractivity contribution >= 4 is 21.4 Å². The predicted molar refractivity (Wildman–Crippen MR) is 88.7 cm³/mol. The lowest BCUT2D eigenvalue weighted by Crippen LogP contribution is -2.16. The molecule has 0 saturated heterocycles. The van der Waals surface area contributed by atoms with Gasteiger partial charge in [-0.3, -0.25) is 10.1 Å². The number of anilines is 1. The van der Waals surface area contributed by atoms with Crippen molar-refractivity contribution in [1.82, 2.24) is 0 Å². The summed E-state index contributed by atoms with van der Waals surface area (Å²) >= 11 is 0. The topological polar surface area (TPSA) is 115 Å². The van der Waals surface area contributed by atoms with Crippen LogP contribution in [0.1, 0.15) is 38.5 Å². The minimum absolute atomic E-state index is 0.249. The van der Waals surface area contributed by atoms with Crippen LogP contribution in [-0.2, 0) is 10.0 Å². The summed E-state index contributed by atoms with van der Waals surface area (Å²) in [6, 6.07) is 3.64. The number of nitro benzene ring substituents is 1. The Morgan fingerprint density at radius 1 is 1.26 bits per heavy atom. The molecule has 0 amide bonds. The van der Waals surface area contributed by atoms with Gasteiger partial charge in [-0.25, -0.2) is 13.6 Å². The summed E-state index contributed by atoms with van der Waals surface area (Å²) in [6.07, 6.45) is 8.89. The monoisotopic (exact) mass is 339 g/mol. The molecule has 1 aromatic carbocycles. The number of nitro groups is 1. The lowest BCUT2D eigenvalue weighted by atomic mass is 10.1. The second-order valence-corrected chi connectivity index (χ2v) is 7.15. The van der Waals surface area contributed by atoms with Gasteiger partial charge in [0.1, 0.15) is 4.90 Å². The molecule has 0 aliphatic heterocycles. The standard InChI is InChI=1S/C15H21N3O4S/c16-23(21,22)15-11-13(18(19)20)7-8-14(15)17-10-9-12-5-3-1-2-4-6-12/h5,7-8,11,17H,1-4,6,9-10H2,(H2,16,21,22). The van der Waals surface area contributed by atoms with Gasteiger partial charge in [0.05, 0.1) is 10.6 Å². The lowest BCUT2D eigenvalue weighted by Gasteiger charge is -2.12. The summed E-state index contributed by atoms with van der Waals surface area (Å²) in [4.78, 5) is 9.89. The number of allylic oxidation sites excluding steroid dienone is 1. The van der Waals surface area contributed by atoms with Crippen LogP contribution in [-0.4, -0.2) is 19.9 Å². The maximum absolute atomic E-state index is 11.6. The molecule has 0 radical (unpaired) electrons. The molecule has 126 valence electrons. The van der Waals surface area contributed by atoms with Gasteiger partial charge in [0, 0.05) is 18.7 Å². The van der Waals surface area contributed by atoms with E-state index in [-0.39, 0.29) is 10.6 Å².